The van der Waals surface area contributed by atoms with Crippen molar-refractivity contribution in [2.24, 2.45) is 5.92 Å². The van der Waals surface area contributed by atoms with E-state index in [1.165, 1.54) is 37.6 Å². The van der Waals surface area contributed by atoms with Gasteiger partial charge in [0.2, 0.25) is 0 Å². The maximum Gasteiger partial charge on any atom is 0.369 e. The van der Waals surface area contributed by atoms with Gasteiger partial charge in [-0.05, 0) is 18.2 Å². The number of hydrazine groups is 1. The number of carbonyl (C=O) groups is 3. The fourth-order valence-corrected chi connectivity index (χ4v) is 2.78. The Kier molecular flexibility index (Phi) is 6.63. The van der Waals surface area contributed by atoms with Crippen molar-refractivity contribution in [3.8, 4) is 0 Å². The van der Waals surface area contributed by atoms with Gasteiger partial charge < -0.3 is 14.8 Å². The third kappa shape index (κ3) is 4.88. The van der Waals surface area contributed by atoms with Crippen molar-refractivity contribution in [2.45, 2.75) is 5.85 Å². The van der Waals surface area contributed by atoms with E-state index < -0.39 is 29.6 Å². The summed E-state index contributed by atoms with van der Waals surface area (Å²) in [4.78, 5) is 36.0. The van der Waals surface area contributed by atoms with E-state index in [9.17, 15) is 18.8 Å². The van der Waals surface area contributed by atoms with Crippen LogP contribution in [0.5, 0.6) is 0 Å². The van der Waals surface area contributed by atoms with Gasteiger partial charge >= 0.3 is 17.7 Å². The Morgan fingerprint density at radius 2 is 1.81 bits per heavy atom. The number of alkyl halides is 1. The molecule has 0 aromatic heterocycles. The number of esters is 1. The molecule has 0 aliphatic carbocycles. The zero-order valence-corrected chi connectivity index (χ0v) is 15.8. The van der Waals surface area contributed by atoms with Crippen LogP contribution in [-0.2, 0) is 23.9 Å². The molecule has 1 aromatic rings. The van der Waals surface area contributed by atoms with Gasteiger partial charge in [0.05, 0.1) is 19.6 Å². The van der Waals surface area contributed by atoms with E-state index in [2.05, 4.69) is 20.2 Å². The lowest BCUT2D eigenvalue weighted by molar-refractivity contribution is -0.179. The van der Waals surface area contributed by atoms with Gasteiger partial charge in [-0.2, -0.15) is 4.39 Å². The van der Waals surface area contributed by atoms with Gasteiger partial charge in [-0.1, -0.05) is 29.3 Å². The number of amides is 2. The summed E-state index contributed by atoms with van der Waals surface area (Å²) < 4.78 is 24.0. The van der Waals surface area contributed by atoms with Gasteiger partial charge in [0.25, 0.3) is 5.91 Å². The van der Waals surface area contributed by atoms with E-state index in [0.717, 1.165) is 12.1 Å². The number of anilines is 1. The van der Waals surface area contributed by atoms with Crippen LogP contribution in [0.25, 0.3) is 0 Å². The first-order valence-electron chi connectivity index (χ1n) is 7.55. The van der Waals surface area contributed by atoms with E-state index in [1.54, 1.807) is 0 Å². The summed E-state index contributed by atoms with van der Waals surface area (Å²) in [6, 6.07) is 4.06. The minimum absolute atomic E-state index is 0.0176. The highest BCUT2D eigenvalue weighted by Crippen LogP contribution is 2.24. The van der Waals surface area contributed by atoms with E-state index in [4.69, 9.17) is 23.2 Å². The molecule has 2 amide bonds. The van der Waals surface area contributed by atoms with Crippen molar-refractivity contribution in [1.29, 1.82) is 0 Å². The maximum absolute atomic E-state index is 14.9. The number of carbonyl (C=O) groups excluding carboxylic acids is 3. The Morgan fingerprint density at radius 1 is 1.19 bits per heavy atom. The van der Waals surface area contributed by atoms with Crippen molar-refractivity contribution in [3.05, 3.63) is 40.5 Å². The van der Waals surface area contributed by atoms with Gasteiger partial charge in [0.15, 0.2) is 0 Å². The van der Waals surface area contributed by atoms with Crippen LogP contribution in [0.4, 0.5) is 10.1 Å². The fraction of sp³-hybridized carbons (Fsp3) is 0.312. The van der Waals surface area contributed by atoms with E-state index in [1.807, 2.05) is 0 Å². The van der Waals surface area contributed by atoms with Crippen molar-refractivity contribution in [1.82, 2.24) is 10.4 Å². The molecule has 0 radical (unpaired) electrons. The van der Waals surface area contributed by atoms with Crippen LogP contribution < -0.4 is 10.7 Å². The summed E-state index contributed by atoms with van der Waals surface area (Å²) in [6.07, 6.45) is 2.82. The van der Waals surface area contributed by atoms with Crippen LogP contribution in [0.3, 0.4) is 0 Å². The first-order chi connectivity index (χ1) is 12.7. The first kappa shape index (κ1) is 20.9. The number of hydrogen-bond acceptors (Lipinski definition) is 6. The summed E-state index contributed by atoms with van der Waals surface area (Å²) >= 11 is 11.6. The predicted molar refractivity (Wildman–Crippen MR) is 95.4 cm³/mol. The number of rotatable bonds is 6. The predicted octanol–water partition coefficient (Wildman–Crippen LogP) is 1.89. The van der Waals surface area contributed by atoms with E-state index >= 15 is 0 Å². The van der Waals surface area contributed by atoms with Crippen LogP contribution >= 0.6 is 23.2 Å². The van der Waals surface area contributed by atoms with Gasteiger partial charge in [0, 0.05) is 29.0 Å². The third-order valence-electron chi connectivity index (χ3n) is 3.63. The summed E-state index contributed by atoms with van der Waals surface area (Å²) in [6.45, 7) is 0.0176. The van der Waals surface area contributed by atoms with Gasteiger partial charge in [-0.3, -0.25) is 24.8 Å². The molecule has 0 saturated heterocycles. The average molecular weight is 420 g/mol. The lowest BCUT2D eigenvalue weighted by atomic mass is 10.2. The molecular weight excluding hydrogens is 404 g/mol. The zero-order chi connectivity index (χ0) is 20.2. The van der Waals surface area contributed by atoms with Crippen molar-refractivity contribution < 1.29 is 28.2 Å². The van der Waals surface area contributed by atoms with Crippen molar-refractivity contribution in [3.63, 3.8) is 0 Å². The molecular formula is C16H16Cl2FN3O5. The quantitative estimate of drug-likeness (QED) is 0.539. The normalized spacial score (nSPS) is 18.0. The second kappa shape index (κ2) is 8.55. The van der Waals surface area contributed by atoms with Crippen molar-refractivity contribution >= 4 is 46.7 Å². The fourth-order valence-electron chi connectivity index (χ4n) is 2.26. The average Bonchev–Trinajstić information content (AvgIpc) is 3.07. The number of nitrogens with one attached hydrogen (secondary N) is 2. The van der Waals surface area contributed by atoms with Gasteiger partial charge in [-0.15, -0.1) is 0 Å². The van der Waals surface area contributed by atoms with E-state index in [-0.39, 0.29) is 22.3 Å². The van der Waals surface area contributed by atoms with Crippen LogP contribution in [0.1, 0.15) is 0 Å². The summed E-state index contributed by atoms with van der Waals surface area (Å²) in [5.74, 6) is -7.25. The molecule has 1 aliphatic heterocycles. The molecule has 146 valence electrons. The van der Waals surface area contributed by atoms with Gasteiger partial charge in [-0.25, -0.2) is 0 Å². The zero-order valence-electron chi connectivity index (χ0n) is 14.3. The Labute approximate surface area is 164 Å². The van der Waals surface area contributed by atoms with Gasteiger partial charge in [0.1, 0.15) is 0 Å². The number of benzene rings is 1. The van der Waals surface area contributed by atoms with Crippen molar-refractivity contribution in [2.75, 3.05) is 26.1 Å². The molecule has 8 nitrogen and oxygen atoms in total. The standard InChI is InChI=1S/C16H16Cl2FN3O5/c1-26-13(23)9-3-4-22(8-9)21-15(25)16(19,27-2)14(24)20-12-6-10(17)5-11(18)7-12/h3-7,9H,8H2,1-2H3,(H,20,24)(H,21,25)/t9-,16?/m1/s1. The summed E-state index contributed by atoms with van der Waals surface area (Å²) in [5.41, 5.74) is 2.24. The Balaban J connectivity index is 2.06. The number of nitrogens with zero attached hydrogens (tertiary/aromatic N) is 1. The maximum atomic E-state index is 14.9. The molecule has 2 rings (SSSR count). The summed E-state index contributed by atoms with van der Waals surface area (Å²) in [7, 11) is 2.09. The largest absolute Gasteiger partial charge is 0.469 e. The van der Waals surface area contributed by atoms with Crippen LogP contribution in [0.2, 0.25) is 10.0 Å². The highest BCUT2D eigenvalue weighted by Gasteiger charge is 2.48. The lowest BCUT2D eigenvalue weighted by Gasteiger charge is -2.25. The second-order valence-corrected chi connectivity index (χ2v) is 6.35. The highest BCUT2D eigenvalue weighted by molar-refractivity contribution is 6.35. The molecule has 2 atom stereocenters. The number of hydrogen-bond donors (Lipinski definition) is 2. The summed E-state index contributed by atoms with van der Waals surface area (Å²) in [5, 5.41) is 3.73. The Bertz CT molecular complexity index is 771. The molecule has 1 unspecified atom stereocenters. The van der Waals surface area contributed by atoms with Crippen LogP contribution in [0, 0.1) is 5.92 Å². The number of ether oxygens (including phenoxy) is 2. The molecule has 2 N–H and O–H groups in total. The molecule has 0 saturated carbocycles. The molecule has 0 spiro atoms. The first-order valence-corrected chi connectivity index (χ1v) is 8.30. The van der Waals surface area contributed by atoms with E-state index in [0.29, 0.717) is 0 Å². The third-order valence-corrected chi connectivity index (χ3v) is 4.06. The monoisotopic (exact) mass is 419 g/mol. The minimum atomic E-state index is -3.34. The number of methoxy groups -OCH3 is 2. The molecule has 27 heavy (non-hydrogen) atoms. The second-order valence-electron chi connectivity index (χ2n) is 5.48. The minimum Gasteiger partial charge on any atom is -0.469 e. The molecule has 1 heterocycles. The lowest BCUT2D eigenvalue weighted by Crippen LogP contribution is -2.56. The number of halogens is 3. The molecule has 0 fully saturated rings. The smallest absolute Gasteiger partial charge is 0.369 e. The SMILES string of the molecule is COC(=O)[C@@H]1C=CN(NC(=O)C(F)(OC)C(=O)Nc2cc(Cl)cc(Cl)c2)C1. The molecule has 0 bridgehead atoms. The topological polar surface area (TPSA) is 97.0 Å². The van der Waals surface area contributed by atoms with Crippen LogP contribution in [-0.4, -0.2) is 49.4 Å². The van der Waals surface area contributed by atoms with Crippen LogP contribution in [0.15, 0.2) is 30.5 Å². The molecule has 11 heteroatoms. The highest BCUT2D eigenvalue weighted by atomic mass is 35.5. The Morgan fingerprint density at radius 3 is 2.37 bits per heavy atom. The molecule has 1 aliphatic rings. The Hall–Kier alpha value is -2.36. The molecule has 1 aromatic carbocycles.